The number of urea groups is 1. The van der Waals surface area contributed by atoms with Crippen LogP contribution in [0.1, 0.15) is 50.1 Å². The van der Waals surface area contributed by atoms with Crippen LogP contribution in [0, 0.1) is 6.92 Å². The molecule has 0 spiro atoms. The number of hydrogen-bond acceptors (Lipinski definition) is 5. The third-order valence-electron chi connectivity index (χ3n) is 7.63. The molecule has 0 radical (unpaired) electrons. The molecule has 1 heterocycles. The molecule has 4 aromatic carbocycles. The number of fused-ring (bicyclic) bond motifs is 1. The Morgan fingerprint density at radius 3 is 2.28 bits per heavy atom. The second-order valence-electron chi connectivity index (χ2n) is 12.3. The molecular formula is C37H41N5O4. The van der Waals surface area contributed by atoms with Gasteiger partial charge in [-0.3, -0.25) is 10.1 Å². The minimum absolute atomic E-state index is 0.0113. The van der Waals surface area contributed by atoms with Gasteiger partial charge in [0.2, 0.25) is 5.91 Å². The summed E-state index contributed by atoms with van der Waals surface area (Å²) in [5.41, 5.74) is 6.00. The van der Waals surface area contributed by atoms with E-state index in [0.29, 0.717) is 23.9 Å². The summed E-state index contributed by atoms with van der Waals surface area (Å²) in [5, 5.41) is 15.5. The molecule has 9 nitrogen and oxygen atoms in total. The van der Waals surface area contributed by atoms with Crippen LogP contribution < -0.4 is 20.7 Å². The lowest BCUT2D eigenvalue weighted by Gasteiger charge is -2.15. The predicted molar refractivity (Wildman–Crippen MR) is 184 cm³/mol. The first-order valence-corrected chi connectivity index (χ1v) is 15.4. The van der Waals surface area contributed by atoms with Gasteiger partial charge in [-0.15, -0.1) is 0 Å². The quantitative estimate of drug-likeness (QED) is 0.147. The maximum atomic E-state index is 13.4. The van der Waals surface area contributed by atoms with Crippen LogP contribution >= 0.6 is 0 Å². The smallest absolute Gasteiger partial charge is 0.324 e. The lowest BCUT2D eigenvalue weighted by molar-refractivity contribution is -0.119. The molecule has 0 aliphatic carbocycles. The number of benzene rings is 4. The SMILES string of the molecule is CCc1ccc(COc2ccc(NC(=O)Nc3cc(C(C)(C)C)nn3-c3ccc(C)cc3)c3ccccc23)cc1NC(=O)COC. The number of hydrogen-bond donors (Lipinski definition) is 3. The first-order chi connectivity index (χ1) is 22.0. The van der Waals surface area contributed by atoms with Crippen LogP contribution in [0.3, 0.4) is 0 Å². The van der Waals surface area contributed by atoms with Crippen LogP contribution in [0.25, 0.3) is 16.5 Å². The molecule has 238 valence electrons. The van der Waals surface area contributed by atoms with E-state index in [1.54, 1.807) is 4.68 Å². The maximum Gasteiger partial charge on any atom is 0.324 e. The molecule has 9 heteroatoms. The van der Waals surface area contributed by atoms with Crippen molar-refractivity contribution in [2.75, 3.05) is 29.7 Å². The fourth-order valence-electron chi connectivity index (χ4n) is 5.11. The van der Waals surface area contributed by atoms with Gasteiger partial charge < -0.3 is 20.1 Å². The number of carbonyl (C=O) groups is 2. The van der Waals surface area contributed by atoms with E-state index in [2.05, 4.69) is 36.7 Å². The van der Waals surface area contributed by atoms with Gasteiger partial charge in [-0.2, -0.15) is 5.10 Å². The van der Waals surface area contributed by atoms with Gasteiger partial charge in [0, 0.05) is 35.1 Å². The molecule has 0 bridgehead atoms. The predicted octanol–water partition coefficient (Wildman–Crippen LogP) is 8.00. The molecule has 0 atom stereocenters. The fraction of sp³-hybridized carbons (Fsp3) is 0.270. The summed E-state index contributed by atoms with van der Waals surface area (Å²) in [7, 11) is 1.49. The average molecular weight is 620 g/mol. The number of amides is 3. The Morgan fingerprint density at radius 1 is 0.848 bits per heavy atom. The Kier molecular flexibility index (Phi) is 9.72. The third-order valence-corrected chi connectivity index (χ3v) is 7.63. The van der Waals surface area contributed by atoms with Crippen molar-refractivity contribution in [2.24, 2.45) is 0 Å². The summed E-state index contributed by atoms with van der Waals surface area (Å²) >= 11 is 0. The summed E-state index contributed by atoms with van der Waals surface area (Å²) in [6, 6.07) is 26.9. The number of methoxy groups -OCH3 is 1. The zero-order valence-electron chi connectivity index (χ0n) is 27.2. The number of nitrogens with zero attached hydrogens (tertiary/aromatic N) is 2. The van der Waals surface area contributed by atoms with Crippen molar-refractivity contribution >= 4 is 39.9 Å². The van der Waals surface area contributed by atoms with Crippen molar-refractivity contribution in [1.29, 1.82) is 0 Å². The van der Waals surface area contributed by atoms with E-state index in [1.165, 1.54) is 7.11 Å². The molecule has 0 unspecified atom stereocenters. The van der Waals surface area contributed by atoms with E-state index in [9.17, 15) is 9.59 Å². The first-order valence-electron chi connectivity index (χ1n) is 15.4. The average Bonchev–Trinajstić information content (AvgIpc) is 3.45. The standard InChI is InChI=1S/C37H41N5O4/c1-7-26-15-14-25(20-31(26)38-35(43)23-45-6)22-46-32-19-18-30(28-10-8-9-11-29(28)32)39-36(44)40-34-21-33(37(3,4)5)41-42(34)27-16-12-24(2)13-17-27/h8-21H,7,22-23H2,1-6H3,(H,38,43)(H2,39,40,44). The van der Waals surface area contributed by atoms with E-state index in [4.69, 9.17) is 14.6 Å². The van der Waals surface area contributed by atoms with Crippen molar-refractivity contribution in [3.8, 4) is 11.4 Å². The molecule has 5 rings (SSSR count). The molecule has 0 aliphatic rings. The topological polar surface area (TPSA) is 107 Å². The highest BCUT2D eigenvalue weighted by molar-refractivity contribution is 6.07. The molecule has 46 heavy (non-hydrogen) atoms. The van der Waals surface area contributed by atoms with Gasteiger partial charge in [-0.25, -0.2) is 9.48 Å². The number of aromatic nitrogens is 2. The summed E-state index contributed by atoms with van der Waals surface area (Å²) < 4.78 is 13.0. The number of carbonyl (C=O) groups excluding carboxylic acids is 2. The normalized spacial score (nSPS) is 11.3. The van der Waals surface area contributed by atoms with Gasteiger partial charge >= 0.3 is 6.03 Å². The minimum Gasteiger partial charge on any atom is -0.488 e. The number of rotatable bonds is 10. The Hall–Kier alpha value is -5.15. The van der Waals surface area contributed by atoms with Crippen molar-refractivity contribution in [1.82, 2.24) is 9.78 Å². The summed E-state index contributed by atoms with van der Waals surface area (Å²) in [6.07, 6.45) is 0.780. The summed E-state index contributed by atoms with van der Waals surface area (Å²) in [5.74, 6) is 1.04. The number of nitrogens with one attached hydrogen (secondary N) is 3. The van der Waals surface area contributed by atoms with Crippen LogP contribution in [0.15, 0.2) is 84.9 Å². The van der Waals surface area contributed by atoms with Crippen molar-refractivity contribution in [2.45, 2.75) is 53.1 Å². The Morgan fingerprint density at radius 2 is 1.59 bits per heavy atom. The van der Waals surface area contributed by atoms with Gasteiger partial charge in [0.05, 0.1) is 17.1 Å². The largest absolute Gasteiger partial charge is 0.488 e. The molecule has 0 saturated carbocycles. The van der Waals surface area contributed by atoms with Crippen LogP contribution in [-0.2, 0) is 28.0 Å². The Bertz CT molecular complexity index is 1850. The van der Waals surface area contributed by atoms with Gasteiger partial charge in [0.1, 0.15) is 24.8 Å². The minimum atomic E-state index is -0.383. The van der Waals surface area contributed by atoms with Gasteiger partial charge in [-0.05, 0) is 54.8 Å². The highest BCUT2D eigenvalue weighted by atomic mass is 16.5. The van der Waals surface area contributed by atoms with Crippen LogP contribution in [0.2, 0.25) is 0 Å². The molecule has 5 aromatic rings. The highest BCUT2D eigenvalue weighted by Gasteiger charge is 2.22. The third kappa shape index (κ3) is 7.55. The molecule has 0 saturated heterocycles. The van der Waals surface area contributed by atoms with E-state index in [1.807, 2.05) is 98.8 Å². The first kappa shape index (κ1) is 32.2. The Balaban J connectivity index is 1.35. The summed E-state index contributed by atoms with van der Waals surface area (Å²) in [6.45, 7) is 10.6. The molecule has 0 fully saturated rings. The van der Waals surface area contributed by atoms with E-state index < -0.39 is 0 Å². The zero-order chi connectivity index (χ0) is 32.8. The zero-order valence-corrected chi connectivity index (χ0v) is 27.2. The summed E-state index contributed by atoms with van der Waals surface area (Å²) in [4.78, 5) is 25.5. The van der Waals surface area contributed by atoms with E-state index in [-0.39, 0.29) is 24.0 Å². The monoisotopic (exact) mass is 619 g/mol. The molecule has 1 aromatic heterocycles. The fourth-order valence-corrected chi connectivity index (χ4v) is 5.11. The molecular weight excluding hydrogens is 578 g/mol. The van der Waals surface area contributed by atoms with Crippen LogP contribution in [-0.4, -0.2) is 35.4 Å². The second kappa shape index (κ2) is 13.9. The van der Waals surface area contributed by atoms with Gasteiger partial charge in [0.25, 0.3) is 0 Å². The van der Waals surface area contributed by atoms with Gasteiger partial charge in [-0.1, -0.05) is 81.8 Å². The van der Waals surface area contributed by atoms with Crippen molar-refractivity contribution in [3.63, 3.8) is 0 Å². The lowest BCUT2D eigenvalue weighted by Crippen LogP contribution is -2.21. The van der Waals surface area contributed by atoms with Crippen molar-refractivity contribution < 1.29 is 19.1 Å². The van der Waals surface area contributed by atoms with Crippen molar-refractivity contribution in [3.05, 3.63) is 107 Å². The van der Waals surface area contributed by atoms with Gasteiger partial charge in [0.15, 0.2) is 0 Å². The molecule has 0 aliphatic heterocycles. The maximum absolute atomic E-state index is 13.4. The van der Waals surface area contributed by atoms with Crippen LogP contribution in [0.4, 0.5) is 22.0 Å². The molecule has 3 amide bonds. The van der Waals surface area contributed by atoms with E-state index in [0.717, 1.165) is 51.0 Å². The highest BCUT2D eigenvalue weighted by Crippen LogP contribution is 2.33. The second-order valence-corrected chi connectivity index (χ2v) is 12.3. The molecule has 3 N–H and O–H groups in total. The lowest BCUT2D eigenvalue weighted by atomic mass is 9.92. The van der Waals surface area contributed by atoms with Crippen LogP contribution in [0.5, 0.6) is 5.75 Å². The number of anilines is 3. The number of aryl methyl sites for hydroxylation is 2. The Labute approximate surface area is 269 Å². The van der Waals surface area contributed by atoms with E-state index >= 15 is 0 Å². The number of ether oxygens (including phenoxy) is 2.